The number of piperidine rings is 1. The number of amides is 1. The molecule has 4 heterocycles. The molecule has 0 saturated carbocycles. The monoisotopic (exact) mass is 500 g/mol. The Morgan fingerprint density at radius 1 is 1.19 bits per heavy atom. The number of alkyl halides is 2. The molecule has 0 unspecified atom stereocenters. The van der Waals surface area contributed by atoms with Gasteiger partial charge < -0.3 is 4.90 Å². The largest absolute Gasteiger partial charge is 0.338 e. The molecular weight excluding hydrogens is 472 g/mol. The van der Waals surface area contributed by atoms with E-state index in [0.29, 0.717) is 26.1 Å². The first-order valence-corrected chi connectivity index (χ1v) is 12.2. The Balaban J connectivity index is 1.25. The Morgan fingerprint density at radius 3 is 2.72 bits per heavy atom. The van der Waals surface area contributed by atoms with E-state index in [1.54, 1.807) is 11.1 Å². The van der Waals surface area contributed by atoms with E-state index in [2.05, 4.69) is 4.98 Å². The smallest absolute Gasteiger partial charge is 0.260 e. The van der Waals surface area contributed by atoms with E-state index in [9.17, 15) is 22.4 Å². The summed E-state index contributed by atoms with van der Waals surface area (Å²) in [6.45, 7) is 2.80. The molecule has 5 nitrogen and oxygen atoms in total. The minimum Gasteiger partial charge on any atom is -0.338 e. The highest BCUT2D eigenvalue weighted by Crippen LogP contribution is 2.34. The van der Waals surface area contributed by atoms with Crippen molar-refractivity contribution in [3.8, 4) is 0 Å². The lowest BCUT2D eigenvalue weighted by Crippen LogP contribution is -2.48. The SMILES string of the molecule is Cc1cc(C2=NCC3=C2CN(C(=O)C[C@H]2CN(Cc4c(F)cccc4F)CC(F)(F)C2)CC3)ccn1. The molecule has 1 saturated heterocycles. The molecule has 190 valence electrons. The molecule has 1 aromatic heterocycles. The second kappa shape index (κ2) is 9.76. The molecule has 3 aliphatic heterocycles. The van der Waals surface area contributed by atoms with Gasteiger partial charge in [-0.15, -0.1) is 0 Å². The van der Waals surface area contributed by atoms with Crippen LogP contribution in [-0.2, 0) is 11.3 Å². The molecule has 1 atom stereocenters. The highest BCUT2D eigenvalue weighted by atomic mass is 19.3. The number of rotatable bonds is 5. The fourth-order valence-corrected chi connectivity index (χ4v) is 5.51. The number of hydrogen-bond donors (Lipinski definition) is 0. The van der Waals surface area contributed by atoms with Crippen LogP contribution in [0, 0.1) is 24.5 Å². The van der Waals surface area contributed by atoms with Crippen LogP contribution in [-0.4, -0.2) is 65.0 Å². The molecule has 1 amide bonds. The molecule has 0 spiro atoms. The topological polar surface area (TPSA) is 48.8 Å². The van der Waals surface area contributed by atoms with Gasteiger partial charge in [-0.05, 0) is 54.7 Å². The number of benzene rings is 1. The van der Waals surface area contributed by atoms with Crippen LogP contribution in [0.25, 0.3) is 0 Å². The maximum absolute atomic E-state index is 14.6. The first-order valence-electron chi connectivity index (χ1n) is 12.2. The number of nitrogens with zero attached hydrogens (tertiary/aromatic N) is 4. The molecular formula is C27H28F4N4O. The molecule has 3 aliphatic rings. The van der Waals surface area contributed by atoms with Gasteiger partial charge in [0.25, 0.3) is 5.92 Å². The van der Waals surface area contributed by atoms with E-state index in [0.717, 1.165) is 34.7 Å². The maximum Gasteiger partial charge on any atom is 0.260 e. The highest BCUT2D eigenvalue weighted by molar-refractivity contribution is 6.15. The van der Waals surface area contributed by atoms with Crippen molar-refractivity contribution in [1.29, 1.82) is 0 Å². The molecule has 9 heteroatoms. The molecule has 2 aromatic rings. The van der Waals surface area contributed by atoms with Gasteiger partial charge in [0.2, 0.25) is 5.91 Å². The Hall–Kier alpha value is -3.07. The lowest BCUT2D eigenvalue weighted by molar-refractivity contribution is -0.135. The van der Waals surface area contributed by atoms with Crippen molar-refractivity contribution in [1.82, 2.24) is 14.8 Å². The van der Waals surface area contributed by atoms with Crippen LogP contribution >= 0.6 is 0 Å². The molecule has 0 N–H and O–H groups in total. The van der Waals surface area contributed by atoms with Gasteiger partial charge in [-0.25, -0.2) is 17.6 Å². The van der Waals surface area contributed by atoms with Gasteiger partial charge >= 0.3 is 0 Å². The van der Waals surface area contributed by atoms with Crippen LogP contribution in [0.2, 0.25) is 0 Å². The number of aromatic nitrogens is 1. The van der Waals surface area contributed by atoms with Crippen molar-refractivity contribution < 1.29 is 22.4 Å². The number of halogens is 4. The summed E-state index contributed by atoms with van der Waals surface area (Å²) in [5, 5.41) is 0. The Kier molecular flexibility index (Phi) is 6.68. The lowest BCUT2D eigenvalue weighted by Gasteiger charge is -2.38. The van der Waals surface area contributed by atoms with E-state index >= 15 is 0 Å². The molecule has 36 heavy (non-hydrogen) atoms. The molecule has 0 aliphatic carbocycles. The zero-order valence-electron chi connectivity index (χ0n) is 20.1. The summed E-state index contributed by atoms with van der Waals surface area (Å²) in [5.41, 5.74) is 4.73. The van der Waals surface area contributed by atoms with Crippen molar-refractivity contribution >= 4 is 11.6 Å². The van der Waals surface area contributed by atoms with Crippen LogP contribution in [0.15, 0.2) is 52.7 Å². The van der Waals surface area contributed by atoms with Crippen molar-refractivity contribution in [3.63, 3.8) is 0 Å². The van der Waals surface area contributed by atoms with Gasteiger partial charge in [-0.3, -0.25) is 19.7 Å². The minimum absolute atomic E-state index is 0.0324. The highest BCUT2D eigenvalue weighted by Gasteiger charge is 2.42. The van der Waals surface area contributed by atoms with Gasteiger partial charge in [0.1, 0.15) is 11.6 Å². The average Bonchev–Trinajstić information content (AvgIpc) is 3.24. The van der Waals surface area contributed by atoms with E-state index in [4.69, 9.17) is 4.99 Å². The van der Waals surface area contributed by atoms with Gasteiger partial charge in [-0.2, -0.15) is 0 Å². The van der Waals surface area contributed by atoms with Crippen LogP contribution in [0.5, 0.6) is 0 Å². The summed E-state index contributed by atoms with van der Waals surface area (Å²) in [6, 6.07) is 7.35. The first-order chi connectivity index (χ1) is 17.2. The Labute approximate surface area is 207 Å². The Bertz CT molecular complexity index is 1220. The normalized spacial score (nSPS) is 22.0. The number of aliphatic imine (C=N–C) groups is 1. The molecule has 1 fully saturated rings. The van der Waals surface area contributed by atoms with Gasteiger partial charge in [0, 0.05) is 62.0 Å². The number of hydrogen-bond acceptors (Lipinski definition) is 4. The molecule has 0 radical (unpaired) electrons. The van der Waals surface area contributed by atoms with Crippen molar-refractivity contribution in [2.45, 2.75) is 38.7 Å². The third-order valence-corrected chi connectivity index (χ3v) is 7.16. The molecule has 5 rings (SSSR count). The van der Waals surface area contributed by atoms with Gasteiger partial charge in [0.15, 0.2) is 0 Å². The Morgan fingerprint density at radius 2 is 1.97 bits per heavy atom. The molecule has 0 bridgehead atoms. The minimum atomic E-state index is -3.03. The third-order valence-electron chi connectivity index (χ3n) is 7.16. The standard InChI is InChI=1S/C27H28F4N4O/c1-17-9-19(5-7-32-17)26-21-15-35(8-6-20(21)12-33-26)25(36)10-18-11-27(30,31)16-34(13-18)14-22-23(28)3-2-4-24(22)29/h2-5,7,9,18H,6,8,10-16H2,1H3/t18-/m1/s1. The number of carbonyl (C=O) groups is 1. The number of carbonyl (C=O) groups excluding carboxylic acids is 1. The molecule has 1 aromatic carbocycles. The summed E-state index contributed by atoms with van der Waals surface area (Å²) in [7, 11) is 0. The quantitative estimate of drug-likeness (QED) is 0.567. The number of aryl methyl sites for hydroxylation is 1. The second-order valence-corrected chi connectivity index (χ2v) is 10.00. The van der Waals surface area contributed by atoms with Crippen molar-refractivity contribution in [3.05, 3.63) is 76.1 Å². The second-order valence-electron chi connectivity index (χ2n) is 10.00. The lowest BCUT2D eigenvalue weighted by atomic mass is 9.90. The van der Waals surface area contributed by atoms with E-state index in [1.807, 2.05) is 19.1 Å². The fraction of sp³-hybridized carbons (Fsp3) is 0.444. The van der Waals surface area contributed by atoms with E-state index < -0.39 is 36.4 Å². The van der Waals surface area contributed by atoms with Gasteiger partial charge in [-0.1, -0.05) is 6.07 Å². The zero-order chi connectivity index (χ0) is 25.4. The van der Waals surface area contributed by atoms with Gasteiger partial charge in [0.05, 0.1) is 18.8 Å². The summed E-state index contributed by atoms with van der Waals surface area (Å²) < 4.78 is 57.3. The fourth-order valence-electron chi connectivity index (χ4n) is 5.51. The summed E-state index contributed by atoms with van der Waals surface area (Å²) in [6.07, 6.45) is 1.99. The predicted molar refractivity (Wildman–Crippen MR) is 128 cm³/mol. The zero-order valence-corrected chi connectivity index (χ0v) is 20.1. The number of likely N-dealkylation sites (tertiary alicyclic amines) is 1. The summed E-state index contributed by atoms with van der Waals surface area (Å²) in [5.74, 6) is -5.34. The van der Waals surface area contributed by atoms with Crippen LogP contribution < -0.4 is 0 Å². The van der Waals surface area contributed by atoms with E-state index in [-0.39, 0.29) is 31.0 Å². The first kappa shape index (κ1) is 24.6. The van der Waals surface area contributed by atoms with E-state index in [1.165, 1.54) is 16.5 Å². The summed E-state index contributed by atoms with van der Waals surface area (Å²) in [4.78, 5) is 25.2. The number of pyridine rings is 1. The third kappa shape index (κ3) is 5.21. The van der Waals surface area contributed by atoms with Crippen molar-refractivity contribution in [2.75, 3.05) is 32.7 Å². The maximum atomic E-state index is 14.6. The van der Waals surface area contributed by atoms with Crippen LogP contribution in [0.4, 0.5) is 17.6 Å². The van der Waals surface area contributed by atoms with Crippen LogP contribution in [0.3, 0.4) is 0 Å². The predicted octanol–water partition coefficient (Wildman–Crippen LogP) is 4.55. The summed E-state index contributed by atoms with van der Waals surface area (Å²) >= 11 is 0. The van der Waals surface area contributed by atoms with Crippen LogP contribution in [0.1, 0.15) is 36.1 Å². The van der Waals surface area contributed by atoms with Crippen molar-refractivity contribution in [2.24, 2.45) is 10.9 Å². The average molecular weight is 501 g/mol.